The first-order valence-electron chi connectivity index (χ1n) is 10.4. The first-order valence-corrected chi connectivity index (χ1v) is 10.4. The highest BCUT2D eigenvalue weighted by atomic mass is 16.6. The summed E-state index contributed by atoms with van der Waals surface area (Å²) in [5, 5.41) is 8.95. The van der Waals surface area contributed by atoms with Gasteiger partial charge in [0.1, 0.15) is 11.4 Å². The van der Waals surface area contributed by atoms with Gasteiger partial charge < -0.3 is 20.1 Å². The number of ether oxygens (including phenoxy) is 2. The zero-order chi connectivity index (χ0) is 26.0. The number of hydrogen-bond donors (Lipinski definition) is 4. The Bertz CT molecular complexity index is 876. The second-order valence-electron chi connectivity index (χ2n) is 7.74. The molecule has 0 bridgehead atoms. The van der Waals surface area contributed by atoms with Crippen LogP contribution in [0.3, 0.4) is 0 Å². The van der Waals surface area contributed by atoms with E-state index in [4.69, 9.17) is 9.47 Å². The van der Waals surface area contributed by atoms with E-state index in [9.17, 15) is 28.8 Å². The number of rotatable bonds is 8. The van der Waals surface area contributed by atoms with Crippen molar-refractivity contribution in [2.45, 2.75) is 65.8 Å². The zero-order valence-electron chi connectivity index (χ0n) is 19.8. The Balaban J connectivity index is 2.72. The van der Waals surface area contributed by atoms with Gasteiger partial charge in [-0.3, -0.25) is 20.2 Å². The zero-order valence-corrected chi connectivity index (χ0v) is 19.8. The molecule has 6 amide bonds. The van der Waals surface area contributed by atoms with Gasteiger partial charge in [0.15, 0.2) is 12.2 Å². The molecule has 1 rings (SSSR count). The van der Waals surface area contributed by atoms with Crippen molar-refractivity contribution < 1.29 is 38.2 Å². The summed E-state index contributed by atoms with van der Waals surface area (Å²) >= 11 is 0. The average Bonchev–Trinajstić information content (AvgIpc) is 2.72. The summed E-state index contributed by atoms with van der Waals surface area (Å²) in [5.74, 6) is -3.78. The number of imide groups is 2. The van der Waals surface area contributed by atoms with Gasteiger partial charge in [-0.2, -0.15) is 0 Å². The first kappa shape index (κ1) is 28.0. The predicted octanol–water partition coefficient (Wildman–Crippen LogP) is 0.641. The molecule has 0 aliphatic carbocycles. The van der Waals surface area contributed by atoms with Gasteiger partial charge in [0.2, 0.25) is 0 Å². The molecule has 4 N–H and O–H groups in total. The van der Waals surface area contributed by atoms with Crippen molar-refractivity contribution in [3.8, 4) is 0 Å². The number of nitrogens with one attached hydrogen (secondary N) is 4. The normalized spacial score (nSPS) is 12.2. The van der Waals surface area contributed by atoms with Crippen molar-refractivity contribution >= 4 is 35.8 Å². The van der Waals surface area contributed by atoms with Crippen molar-refractivity contribution in [3.63, 3.8) is 0 Å². The minimum atomic E-state index is -1.33. The molecule has 0 aliphatic rings. The minimum Gasteiger partial charge on any atom is -0.448 e. The molecule has 34 heavy (non-hydrogen) atoms. The lowest BCUT2D eigenvalue weighted by Crippen LogP contribution is -2.46. The Morgan fingerprint density at radius 3 is 1.35 bits per heavy atom. The highest BCUT2D eigenvalue weighted by Gasteiger charge is 2.24. The number of amides is 6. The van der Waals surface area contributed by atoms with Crippen molar-refractivity contribution in [2.24, 2.45) is 0 Å². The molecule has 1 heterocycles. The second-order valence-corrected chi connectivity index (χ2v) is 7.74. The number of carbonyl (C=O) groups is 6. The van der Waals surface area contributed by atoms with E-state index in [1.54, 1.807) is 27.7 Å². The maximum atomic E-state index is 12.3. The molecule has 13 nitrogen and oxygen atoms in total. The predicted molar refractivity (Wildman–Crippen MR) is 118 cm³/mol. The van der Waals surface area contributed by atoms with E-state index in [1.165, 1.54) is 32.0 Å². The first-order chi connectivity index (χ1) is 15.8. The van der Waals surface area contributed by atoms with Crippen LogP contribution < -0.4 is 21.3 Å². The van der Waals surface area contributed by atoms with Crippen LogP contribution in [0.1, 0.15) is 62.5 Å². The molecule has 0 saturated heterocycles. The molecular formula is C21H29N5O8. The number of aromatic nitrogens is 1. The van der Waals surface area contributed by atoms with Gasteiger partial charge in [-0.05, 0) is 53.7 Å². The molecule has 2 unspecified atom stereocenters. The fourth-order valence-electron chi connectivity index (χ4n) is 2.23. The second kappa shape index (κ2) is 12.9. The topological polar surface area (TPSA) is 182 Å². The third kappa shape index (κ3) is 9.63. The van der Waals surface area contributed by atoms with E-state index in [2.05, 4.69) is 15.6 Å². The third-order valence-electron chi connectivity index (χ3n) is 3.79. The van der Waals surface area contributed by atoms with Gasteiger partial charge in [0.05, 0.1) is 0 Å². The van der Waals surface area contributed by atoms with Crippen molar-refractivity contribution in [3.05, 3.63) is 29.6 Å². The van der Waals surface area contributed by atoms with Gasteiger partial charge in [0, 0.05) is 12.1 Å². The number of urea groups is 2. The highest BCUT2D eigenvalue weighted by molar-refractivity contribution is 5.99. The fourth-order valence-corrected chi connectivity index (χ4v) is 2.23. The van der Waals surface area contributed by atoms with Crippen molar-refractivity contribution in [1.29, 1.82) is 0 Å². The van der Waals surface area contributed by atoms with E-state index < -0.39 is 48.0 Å². The van der Waals surface area contributed by atoms with Crippen LogP contribution in [-0.2, 0) is 19.1 Å². The van der Waals surface area contributed by atoms with Crippen LogP contribution in [-0.4, -0.2) is 65.1 Å². The maximum Gasteiger partial charge on any atom is 0.357 e. The Morgan fingerprint density at radius 1 is 0.676 bits per heavy atom. The largest absolute Gasteiger partial charge is 0.448 e. The van der Waals surface area contributed by atoms with E-state index in [0.717, 1.165) is 0 Å². The van der Waals surface area contributed by atoms with Crippen LogP contribution in [0.4, 0.5) is 9.59 Å². The maximum absolute atomic E-state index is 12.3. The van der Waals surface area contributed by atoms with Gasteiger partial charge in [-0.25, -0.2) is 24.2 Å². The van der Waals surface area contributed by atoms with Crippen LogP contribution in [0, 0.1) is 0 Å². The molecular weight excluding hydrogens is 450 g/mol. The lowest BCUT2D eigenvalue weighted by molar-refractivity contribution is -0.128. The molecule has 2 atom stereocenters. The average molecular weight is 479 g/mol. The van der Waals surface area contributed by atoms with Crippen LogP contribution in [0.25, 0.3) is 0 Å². The number of esters is 2. The molecule has 186 valence electrons. The summed E-state index contributed by atoms with van der Waals surface area (Å²) in [6, 6.07) is 1.90. The molecule has 0 fully saturated rings. The Hall–Kier alpha value is -4.03. The number of nitrogens with zero attached hydrogens (tertiary/aromatic N) is 1. The fraction of sp³-hybridized carbons (Fsp3) is 0.476. The van der Waals surface area contributed by atoms with Crippen molar-refractivity contribution in [1.82, 2.24) is 26.3 Å². The monoisotopic (exact) mass is 479 g/mol. The van der Waals surface area contributed by atoms with E-state index in [0.29, 0.717) is 0 Å². The van der Waals surface area contributed by atoms with Gasteiger partial charge >= 0.3 is 24.0 Å². The highest BCUT2D eigenvalue weighted by Crippen LogP contribution is 2.07. The molecule has 0 aromatic carbocycles. The standard InChI is InChI=1S/C21H29N5O8/c1-10(2)22-20(31)25-16(27)12(5)33-18(29)14-8-7-9-15(24-14)19(30)34-13(6)17(28)26-21(32)23-11(3)4/h7-13H,1-6H3,(H2,22,25,27,31)(H2,23,26,28,32). The molecule has 13 heteroatoms. The van der Waals surface area contributed by atoms with Gasteiger partial charge in [0.25, 0.3) is 11.8 Å². The smallest absolute Gasteiger partial charge is 0.357 e. The SMILES string of the molecule is CC(C)NC(=O)NC(=O)C(C)OC(=O)c1cccc(C(=O)OC(C)C(=O)NC(=O)NC(C)C)n1. The quantitative estimate of drug-likeness (QED) is 0.389. The third-order valence-corrected chi connectivity index (χ3v) is 3.79. The van der Waals surface area contributed by atoms with Crippen LogP contribution in [0.2, 0.25) is 0 Å². The Kier molecular flexibility index (Phi) is 10.6. The van der Waals surface area contributed by atoms with E-state index >= 15 is 0 Å². The molecule has 0 saturated carbocycles. The van der Waals surface area contributed by atoms with E-state index in [-0.39, 0.29) is 23.5 Å². The molecule has 1 aromatic heterocycles. The summed E-state index contributed by atoms with van der Waals surface area (Å²) in [6.07, 6.45) is -2.66. The number of carbonyl (C=O) groups excluding carboxylic acids is 6. The molecule has 0 radical (unpaired) electrons. The molecule has 0 spiro atoms. The molecule has 0 aliphatic heterocycles. The Morgan fingerprint density at radius 2 is 1.03 bits per heavy atom. The minimum absolute atomic E-state index is 0.205. The number of hydrogen-bond acceptors (Lipinski definition) is 9. The Labute approximate surface area is 196 Å². The van der Waals surface area contributed by atoms with Gasteiger partial charge in [-0.15, -0.1) is 0 Å². The van der Waals surface area contributed by atoms with Crippen molar-refractivity contribution in [2.75, 3.05) is 0 Å². The summed E-state index contributed by atoms with van der Waals surface area (Å²) in [4.78, 5) is 75.6. The lowest BCUT2D eigenvalue weighted by Gasteiger charge is -2.15. The summed E-state index contributed by atoms with van der Waals surface area (Å²) in [5.41, 5.74) is -0.622. The summed E-state index contributed by atoms with van der Waals surface area (Å²) in [6.45, 7) is 9.32. The van der Waals surface area contributed by atoms with Gasteiger partial charge in [-0.1, -0.05) is 6.07 Å². The van der Waals surface area contributed by atoms with Crippen LogP contribution in [0.15, 0.2) is 18.2 Å². The number of pyridine rings is 1. The van der Waals surface area contributed by atoms with E-state index in [1.807, 2.05) is 10.6 Å². The summed E-state index contributed by atoms with van der Waals surface area (Å²) < 4.78 is 9.96. The summed E-state index contributed by atoms with van der Waals surface area (Å²) in [7, 11) is 0. The van der Waals surface area contributed by atoms with Crippen LogP contribution >= 0.6 is 0 Å². The van der Waals surface area contributed by atoms with Crippen LogP contribution in [0.5, 0.6) is 0 Å². The molecule has 1 aromatic rings. The lowest BCUT2D eigenvalue weighted by atomic mass is 10.3.